The van der Waals surface area contributed by atoms with Crippen LogP contribution in [0.5, 0.6) is 0 Å². The Kier molecular flexibility index (Phi) is 9.28. The molecule has 2 heterocycles. The summed E-state index contributed by atoms with van der Waals surface area (Å²) >= 11 is 0. The van der Waals surface area contributed by atoms with Crippen molar-refractivity contribution in [3.63, 3.8) is 0 Å². The summed E-state index contributed by atoms with van der Waals surface area (Å²) in [7, 11) is 0. The topological polar surface area (TPSA) is 33.4 Å². The third kappa shape index (κ3) is 6.42. The second kappa shape index (κ2) is 15.9. The van der Waals surface area contributed by atoms with E-state index >= 15 is 0 Å². The Morgan fingerprint density at radius 1 is 0.319 bits per heavy atom. The molecule has 328 valence electrons. The summed E-state index contributed by atoms with van der Waals surface area (Å²) in [5.74, 6) is 0.0555. The lowest BCUT2D eigenvalue weighted by Crippen LogP contribution is -2.31. The Morgan fingerprint density at radius 2 is 0.652 bits per heavy atom. The third-order valence-electron chi connectivity index (χ3n) is 14.2. The highest BCUT2D eigenvalue weighted by atomic mass is 16.1. The van der Waals surface area contributed by atoms with E-state index in [9.17, 15) is 4.79 Å². The van der Waals surface area contributed by atoms with Crippen molar-refractivity contribution >= 4 is 83.5 Å². The number of carbonyl (C=O) groups is 1. The maximum atomic E-state index is 14.7. The Bertz CT molecular complexity index is 3610. The van der Waals surface area contributed by atoms with Crippen LogP contribution < -0.4 is 9.80 Å². The monoisotopic (exact) mass is 886 g/mol. The van der Waals surface area contributed by atoms with Crippen LogP contribution in [-0.2, 0) is 5.41 Å². The quantitative estimate of drug-likeness (QED) is 0.152. The van der Waals surface area contributed by atoms with Gasteiger partial charge in [-0.2, -0.15) is 0 Å². The minimum Gasteiger partial charge on any atom is -0.310 e. The maximum Gasteiger partial charge on any atom is 0.193 e. The van der Waals surface area contributed by atoms with Gasteiger partial charge in [-0.3, -0.25) is 4.79 Å². The molecule has 5 nitrogen and oxygen atoms in total. The molecule has 0 atom stereocenters. The predicted molar refractivity (Wildman–Crippen MR) is 286 cm³/mol. The zero-order valence-electron chi connectivity index (χ0n) is 38.3. The molecule has 69 heavy (non-hydrogen) atoms. The molecule has 1 aliphatic carbocycles. The minimum atomic E-state index is -0.500. The number of para-hydroxylation sites is 6. The number of anilines is 6. The van der Waals surface area contributed by atoms with Gasteiger partial charge < -0.3 is 18.9 Å². The second-order valence-electron chi connectivity index (χ2n) is 18.5. The predicted octanol–water partition coefficient (Wildman–Crippen LogP) is 16.7. The van der Waals surface area contributed by atoms with Crippen LogP contribution in [-0.4, -0.2) is 14.9 Å². The summed E-state index contributed by atoms with van der Waals surface area (Å²) < 4.78 is 4.72. The van der Waals surface area contributed by atoms with Crippen molar-refractivity contribution in [3.8, 4) is 11.4 Å². The van der Waals surface area contributed by atoms with E-state index in [1.165, 1.54) is 10.8 Å². The van der Waals surface area contributed by atoms with Crippen molar-refractivity contribution in [1.82, 2.24) is 9.13 Å². The first-order chi connectivity index (χ1) is 33.9. The van der Waals surface area contributed by atoms with Gasteiger partial charge in [0.05, 0.1) is 22.1 Å². The summed E-state index contributed by atoms with van der Waals surface area (Å²) in [5.41, 5.74) is 16.1. The van der Waals surface area contributed by atoms with Crippen LogP contribution in [0.2, 0.25) is 0 Å². The van der Waals surface area contributed by atoms with Gasteiger partial charge in [0.15, 0.2) is 5.78 Å². The molecule has 0 N–H and O–H groups in total. The smallest absolute Gasteiger partial charge is 0.193 e. The average molecular weight is 887 g/mol. The summed E-state index contributed by atoms with van der Waals surface area (Å²) in [5, 5.41) is 4.66. The van der Waals surface area contributed by atoms with Gasteiger partial charge in [0, 0.05) is 83.6 Å². The molecule has 0 bridgehead atoms. The van der Waals surface area contributed by atoms with Crippen LogP contribution >= 0.6 is 0 Å². The number of rotatable bonds is 8. The van der Waals surface area contributed by atoms with Crippen LogP contribution in [0, 0.1) is 0 Å². The largest absolute Gasteiger partial charge is 0.310 e. The maximum absolute atomic E-state index is 14.7. The van der Waals surface area contributed by atoms with Crippen molar-refractivity contribution in [2.45, 2.75) is 19.3 Å². The molecule has 2 aromatic heterocycles. The summed E-state index contributed by atoms with van der Waals surface area (Å²) in [4.78, 5) is 19.3. The lowest BCUT2D eigenvalue weighted by Gasteiger charge is -2.35. The molecule has 0 spiro atoms. The van der Waals surface area contributed by atoms with Crippen LogP contribution in [0.15, 0.2) is 243 Å². The van der Waals surface area contributed by atoms with E-state index in [1.807, 2.05) is 12.1 Å². The van der Waals surface area contributed by atoms with Gasteiger partial charge in [0.1, 0.15) is 0 Å². The number of hydrogen-bond donors (Lipinski definition) is 0. The summed E-state index contributed by atoms with van der Waals surface area (Å²) in [6.07, 6.45) is 0. The highest BCUT2D eigenvalue weighted by molar-refractivity contribution is 6.15. The fraction of sp³-hybridized carbons (Fsp3) is 0.0469. The lowest BCUT2D eigenvalue weighted by molar-refractivity contribution is 0.103. The number of aromatic nitrogens is 2. The van der Waals surface area contributed by atoms with Gasteiger partial charge in [-0.05, 0) is 145 Å². The van der Waals surface area contributed by atoms with Crippen molar-refractivity contribution in [1.29, 1.82) is 0 Å². The molecule has 12 aromatic rings. The molecule has 0 amide bonds. The Balaban J connectivity index is 0.928. The van der Waals surface area contributed by atoms with Crippen molar-refractivity contribution in [3.05, 3.63) is 265 Å². The molecule has 0 saturated carbocycles. The molecule has 0 unspecified atom stereocenters. The molecular formula is C64H46N4O. The normalized spacial score (nSPS) is 12.9. The van der Waals surface area contributed by atoms with E-state index in [0.717, 1.165) is 101 Å². The fourth-order valence-electron chi connectivity index (χ4n) is 11.0. The second-order valence-corrected chi connectivity index (χ2v) is 18.5. The number of nitrogens with zero attached hydrogens (tertiary/aromatic N) is 4. The number of hydrogen-bond acceptors (Lipinski definition) is 3. The van der Waals surface area contributed by atoms with E-state index < -0.39 is 5.41 Å². The molecule has 0 aliphatic heterocycles. The van der Waals surface area contributed by atoms with E-state index in [4.69, 9.17) is 0 Å². The van der Waals surface area contributed by atoms with Crippen LogP contribution in [0.3, 0.4) is 0 Å². The van der Waals surface area contributed by atoms with Crippen LogP contribution in [0.25, 0.3) is 55.0 Å². The molecular weight excluding hydrogens is 841 g/mol. The average Bonchev–Trinajstić information content (AvgIpc) is 3.91. The Hall–Kier alpha value is -8.93. The number of benzene rings is 10. The molecule has 13 rings (SSSR count). The highest BCUT2D eigenvalue weighted by Crippen LogP contribution is 2.46. The molecule has 0 radical (unpaired) electrons. The Labute approximate surface area is 401 Å². The van der Waals surface area contributed by atoms with Gasteiger partial charge in [-0.15, -0.1) is 0 Å². The van der Waals surface area contributed by atoms with Gasteiger partial charge >= 0.3 is 0 Å². The summed E-state index contributed by atoms with van der Waals surface area (Å²) in [6.45, 7) is 4.54. The number of fused-ring (bicyclic) bond motifs is 8. The van der Waals surface area contributed by atoms with Gasteiger partial charge in [0.25, 0.3) is 0 Å². The first kappa shape index (κ1) is 40.4. The van der Waals surface area contributed by atoms with Crippen LogP contribution in [0.4, 0.5) is 34.1 Å². The first-order valence-electron chi connectivity index (χ1n) is 23.6. The van der Waals surface area contributed by atoms with E-state index in [2.05, 4.69) is 263 Å². The summed E-state index contributed by atoms with van der Waals surface area (Å²) in [6, 6.07) is 85.9. The standard InChI is InChI=1S/C64H46N4O/c1-64(2)57-41-49(67-59-29-17-15-27-51(59)55-39-47(33-37-61(55)67)65(43-19-7-3-8-20-43)44-21-9-4-10-22-44)31-35-53(57)63(69)54-36-32-50(42-58(54)64)68-60-30-18-16-28-52(60)56-40-48(34-38-62(56)68)66(45-23-11-5-12-24-45)46-25-13-6-14-26-46/h3-42H,1-2H3. The zero-order valence-corrected chi connectivity index (χ0v) is 38.3. The fourth-order valence-corrected chi connectivity index (χ4v) is 11.0. The number of carbonyl (C=O) groups excluding carboxylic acids is 1. The van der Waals surface area contributed by atoms with Crippen molar-refractivity contribution in [2.75, 3.05) is 9.80 Å². The Morgan fingerprint density at radius 3 is 1.03 bits per heavy atom. The van der Waals surface area contributed by atoms with Gasteiger partial charge in [-0.1, -0.05) is 123 Å². The SMILES string of the molecule is CC1(C)c2cc(-n3c4ccccc4c4cc(N(c5ccccc5)c5ccccc5)ccc43)ccc2C(=O)c2ccc(-n3c4ccccc4c4cc(N(c5ccccc5)c5ccccc5)ccc43)cc21. The first-order valence-corrected chi connectivity index (χ1v) is 23.6. The van der Waals surface area contributed by atoms with Gasteiger partial charge in [-0.25, -0.2) is 0 Å². The minimum absolute atomic E-state index is 0.0555. The van der Waals surface area contributed by atoms with E-state index in [-0.39, 0.29) is 5.78 Å². The molecule has 0 fully saturated rings. The van der Waals surface area contributed by atoms with E-state index in [0.29, 0.717) is 0 Å². The third-order valence-corrected chi connectivity index (χ3v) is 14.2. The molecule has 0 saturated heterocycles. The molecule has 5 heteroatoms. The number of ketones is 1. The highest BCUT2D eigenvalue weighted by Gasteiger charge is 2.38. The molecule has 10 aromatic carbocycles. The zero-order chi connectivity index (χ0) is 46.2. The van der Waals surface area contributed by atoms with E-state index in [1.54, 1.807) is 0 Å². The van der Waals surface area contributed by atoms with Crippen LogP contribution in [0.1, 0.15) is 40.9 Å². The van der Waals surface area contributed by atoms with Crippen molar-refractivity contribution in [2.24, 2.45) is 0 Å². The van der Waals surface area contributed by atoms with Crippen molar-refractivity contribution < 1.29 is 4.79 Å². The molecule has 1 aliphatic rings. The van der Waals surface area contributed by atoms with Gasteiger partial charge in [0.2, 0.25) is 0 Å². The lowest BCUT2D eigenvalue weighted by atomic mass is 9.68.